The van der Waals surface area contributed by atoms with Crippen molar-refractivity contribution in [2.75, 3.05) is 40.5 Å². The number of benzene rings is 3. The van der Waals surface area contributed by atoms with E-state index in [1.807, 2.05) is 6.92 Å². The normalized spacial score (nSPS) is 24.0. The van der Waals surface area contributed by atoms with Gasteiger partial charge in [-0.05, 0) is 30.7 Å². The third kappa shape index (κ3) is 3.99. The number of rotatable bonds is 7. The van der Waals surface area contributed by atoms with Crippen LogP contribution in [0.1, 0.15) is 35.6 Å². The van der Waals surface area contributed by atoms with Crippen molar-refractivity contribution < 1.29 is 33.2 Å². The van der Waals surface area contributed by atoms with E-state index in [1.54, 1.807) is 53.4 Å². The van der Waals surface area contributed by atoms with Crippen LogP contribution < -0.4 is 19.5 Å². The molecule has 10 heteroatoms. The largest absolute Gasteiger partial charge is 0.496 e. The van der Waals surface area contributed by atoms with Crippen LogP contribution in [0.15, 0.2) is 60.7 Å². The summed E-state index contributed by atoms with van der Waals surface area (Å²) in [6.45, 7) is 4.22. The van der Waals surface area contributed by atoms with E-state index in [2.05, 4.69) is 11.4 Å². The number of fused-ring (bicyclic) bond motifs is 1. The molecule has 0 radical (unpaired) electrons. The van der Waals surface area contributed by atoms with Crippen LogP contribution in [0.3, 0.4) is 0 Å². The number of carbonyl (C=O) groups excluding carboxylic acids is 1. The lowest BCUT2D eigenvalue weighted by Gasteiger charge is -2.55. The molecule has 0 aliphatic carbocycles. The first-order chi connectivity index (χ1) is 20.2. The van der Waals surface area contributed by atoms with Crippen molar-refractivity contribution in [3.63, 3.8) is 0 Å². The molecular formula is C32H32FN3O6. The maximum Gasteiger partial charge on any atom is 0.317 e. The number of aliphatic hydroxyl groups is 1. The zero-order chi connectivity index (χ0) is 29.7. The SMILES string of the molecule is CC[C@H](NC(=O)N1CC2(COC2)C1)[C@@]1(O)c2c(OC)cc(OC)cc2O[C@@]1(c1ccc(C#N)cc1)c1cccc(F)c1. The molecule has 0 unspecified atom stereocenters. The van der Waals surface area contributed by atoms with Gasteiger partial charge in [-0.1, -0.05) is 31.2 Å². The van der Waals surface area contributed by atoms with Crippen LogP contribution in [0.25, 0.3) is 0 Å². The molecule has 0 aromatic heterocycles. The average molecular weight is 574 g/mol. The molecule has 3 atom stereocenters. The number of methoxy groups -OCH3 is 2. The molecule has 218 valence electrons. The Bertz CT molecular complexity index is 1560. The molecule has 2 amide bonds. The molecule has 0 saturated carbocycles. The Kier molecular flexibility index (Phi) is 6.75. The Balaban J connectivity index is 1.56. The van der Waals surface area contributed by atoms with Crippen LogP contribution in [0, 0.1) is 22.6 Å². The lowest BCUT2D eigenvalue weighted by Crippen LogP contribution is -2.70. The minimum absolute atomic E-state index is 0.00656. The molecule has 3 aliphatic heterocycles. The van der Waals surface area contributed by atoms with Gasteiger partial charge in [0.1, 0.15) is 23.1 Å². The number of ether oxygens (including phenoxy) is 4. The van der Waals surface area contributed by atoms with E-state index < -0.39 is 23.1 Å². The molecule has 3 aromatic carbocycles. The van der Waals surface area contributed by atoms with E-state index in [9.17, 15) is 19.6 Å². The summed E-state index contributed by atoms with van der Waals surface area (Å²) in [5.74, 6) is 0.427. The first-order valence-corrected chi connectivity index (χ1v) is 13.8. The topological polar surface area (TPSA) is 113 Å². The van der Waals surface area contributed by atoms with Crippen LogP contribution in [-0.4, -0.2) is 62.6 Å². The van der Waals surface area contributed by atoms with Gasteiger partial charge in [0.05, 0.1) is 56.1 Å². The Labute approximate surface area is 243 Å². The highest BCUT2D eigenvalue weighted by atomic mass is 19.1. The number of nitrogens with zero attached hydrogens (tertiary/aromatic N) is 2. The maximum atomic E-state index is 14.9. The molecule has 42 heavy (non-hydrogen) atoms. The Morgan fingerprint density at radius 1 is 1.12 bits per heavy atom. The van der Waals surface area contributed by atoms with E-state index in [1.165, 1.54) is 26.4 Å². The van der Waals surface area contributed by atoms with Crippen LogP contribution in [0.2, 0.25) is 0 Å². The molecule has 3 heterocycles. The van der Waals surface area contributed by atoms with Gasteiger partial charge in [0.25, 0.3) is 0 Å². The van der Waals surface area contributed by atoms with Crippen molar-refractivity contribution in [3.05, 3.63) is 88.7 Å². The van der Waals surface area contributed by atoms with Gasteiger partial charge in [-0.3, -0.25) is 0 Å². The zero-order valence-electron chi connectivity index (χ0n) is 23.6. The van der Waals surface area contributed by atoms with Crippen molar-refractivity contribution in [2.24, 2.45) is 5.41 Å². The van der Waals surface area contributed by atoms with Crippen molar-refractivity contribution in [1.29, 1.82) is 5.26 Å². The van der Waals surface area contributed by atoms with Gasteiger partial charge in [0.2, 0.25) is 0 Å². The van der Waals surface area contributed by atoms with Gasteiger partial charge in [-0.2, -0.15) is 5.26 Å². The summed E-state index contributed by atoms with van der Waals surface area (Å²) in [5.41, 5.74) is -2.32. The minimum atomic E-state index is -2.02. The number of likely N-dealkylation sites (tertiary alicyclic amines) is 1. The Hall–Kier alpha value is -4.33. The summed E-state index contributed by atoms with van der Waals surface area (Å²) in [4.78, 5) is 15.3. The highest BCUT2D eigenvalue weighted by Gasteiger charge is 2.67. The van der Waals surface area contributed by atoms with Crippen LogP contribution in [0.4, 0.5) is 9.18 Å². The summed E-state index contributed by atoms with van der Waals surface area (Å²) in [5, 5.41) is 25.9. The monoisotopic (exact) mass is 573 g/mol. The van der Waals surface area contributed by atoms with E-state index >= 15 is 0 Å². The van der Waals surface area contributed by atoms with Crippen LogP contribution in [-0.2, 0) is 15.9 Å². The highest BCUT2D eigenvalue weighted by molar-refractivity contribution is 5.76. The smallest absolute Gasteiger partial charge is 0.317 e. The number of halogens is 1. The van der Waals surface area contributed by atoms with E-state index in [0.29, 0.717) is 54.3 Å². The van der Waals surface area contributed by atoms with Gasteiger partial charge in [-0.15, -0.1) is 0 Å². The molecule has 1 spiro atoms. The molecule has 2 N–H and O–H groups in total. The first kappa shape index (κ1) is 27.8. The Morgan fingerprint density at radius 2 is 1.86 bits per heavy atom. The summed E-state index contributed by atoms with van der Waals surface area (Å²) in [6.07, 6.45) is 0.287. The van der Waals surface area contributed by atoms with Crippen molar-refractivity contribution in [1.82, 2.24) is 10.2 Å². The summed E-state index contributed by atoms with van der Waals surface area (Å²) >= 11 is 0. The van der Waals surface area contributed by atoms with Crippen molar-refractivity contribution in [2.45, 2.75) is 30.6 Å². The second-order valence-corrected chi connectivity index (χ2v) is 11.2. The van der Waals surface area contributed by atoms with Gasteiger partial charge in [0, 0.05) is 36.3 Å². The molecule has 3 aromatic rings. The maximum absolute atomic E-state index is 14.9. The van der Waals surface area contributed by atoms with Gasteiger partial charge in [-0.25, -0.2) is 9.18 Å². The molecule has 2 saturated heterocycles. The number of hydrogen-bond donors (Lipinski definition) is 2. The molecular weight excluding hydrogens is 541 g/mol. The number of nitrogens with one attached hydrogen (secondary N) is 1. The highest BCUT2D eigenvalue weighted by Crippen LogP contribution is 2.61. The second kappa shape index (κ2) is 10.2. The predicted molar refractivity (Wildman–Crippen MR) is 150 cm³/mol. The summed E-state index contributed by atoms with van der Waals surface area (Å²) in [6, 6.07) is 16.5. The zero-order valence-corrected chi connectivity index (χ0v) is 23.6. The van der Waals surface area contributed by atoms with E-state index in [0.717, 1.165) is 0 Å². The fourth-order valence-electron chi connectivity index (χ4n) is 6.57. The molecule has 9 nitrogen and oxygen atoms in total. The van der Waals surface area contributed by atoms with E-state index in [4.69, 9.17) is 18.9 Å². The first-order valence-electron chi connectivity index (χ1n) is 13.8. The van der Waals surface area contributed by atoms with Gasteiger partial charge >= 0.3 is 6.03 Å². The number of carbonyl (C=O) groups is 1. The van der Waals surface area contributed by atoms with Crippen LogP contribution >= 0.6 is 0 Å². The molecule has 0 bridgehead atoms. The third-order valence-electron chi connectivity index (χ3n) is 8.69. The molecule has 2 fully saturated rings. The minimum Gasteiger partial charge on any atom is -0.496 e. The molecule has 6 rings (SSSR count). The fourth-order valence-corrected chi connectivity index (χ4v) is 6.57. The van der Waals surface area contributed by atoms with Crippen LogP contribution in [0.5, 0.6) is 17.2 Å². The molecule has 3 aliphatic rings. The number of nitriles is 1. The lowest BCUT2D eigenvalue weighted by atomic mass is 9.66. The number of hydrogen-bond acceptors (Lipinski definition) is 7. The lowest BCUT2D eigenvalue weighted by molar-refractivity contribution is -0.176. The average Bonchev–Trinajstić information content (AvgIpc) is 3.23. The third-order valence-corrected chi connectivity index (χ3v) is 8.69. The van der Waals surface area contributed by atoms with Crippen molar-refractivity contribution in [3.8, 4) is 23.3 Å². The number of urea groups is 1. The second-order valence-electron chi connectivity index (χ2n) is 11.2. The summed E-state index contributed by atoms with van der Waals surface area (Å²) < 4.78 is 38.3. The Morgan fingerprint density at radius 3 is 2.43 bits per heavy atom. The standard InChI is InChI=1S/C32H32FN3O6/c1-4-27(35-29(37)36-16-30(17-36)18-41-19-30)31(38)28-25(40-3)13-24(39-2)14-26(28)42-32(31,22-6-5-7-23(33)12-22)21-10-8-20(15-34)9-11-21/h5-14,27,38H,4,16-19H2,1-3H3,(H,35,37)/t27-,31+,32-/m0/s1. The van der Waals surface area contributed by atoms with Gasteiger partial charge in [0.15, 0.2) is 11.2 Å². The van der Waals surface area contributed by atoms with E-state index in [-0.39, 0.29) is 29.4 Å². The summed E-state index contributed by atoms with van der Waals surface area (Å²) in [7, 11) is 2.98. The van der Waals surface area contributed by atoms with Gasteiger partial charge < -0.3 is 34.3 Å². The number of amides is 2. The predicted octanol–water partition coefficient (Wildman–Crippen LogP) is 4.06. The fraction of sp³-hybridized carbons (Fsp3) is 0.375. The quantitative estimate of drug-likeness (QED) is 0.438. The van der Waals surface area contributed by atoms with Crippen molar-refractivity contribution >= 4 is 6.03 Å².